The number of ether oxygens (including phenoxy) is 1. The van der Waals surface area contributed by atoms with E-state index in [1.54, 1.807) is 31.4 Å². The highest BCUT2D eigenvalue weighted by atomic mass is 32.2. The van der Waals surface area contributed by atoms with E-state index in [0.717, 1.165) is 6.26 Å². The number of sulfone groups is 1. The number of methoxy groups -OCH3 is 1. The molecule has 0 bridgehead atoms. The summed E-state index contributed by atoms with van der Waals surface area (Å²) in [6, 6.07) is 7.11. The van der Waals surface area contributed by atoms with Gasteiger partial charge in [-0.25, -0.2) is 13.4 Å². The van der Waals surface area contributed by atoms with Crippen LogP contribution in [0.2, 0.25) is 0 Å². The smallest absolute Gasteiger partial charge is 0.315 e. The lowest BCUT2D eigenvalue weighted by Gasteiger charge is -2.00. The second kappa shape index (κ2) is 4.21. The molecule has 0 aliphatic heterocycles. The summed E-state index contributed by atoms with van der Waals surface area (Å²) in [5.41, 5.74) is 0.715. The number of hydrogen-bond donors (Lipinski definition) is 0. The Morgan fingerprint density at radius 2 is 2.12 bits per heavy atom. The molecule has 0 aliphatic carbocycles. The molecule has 17 heavy (non-hydrogen) atoms. The molecule has 0 aliphatic rings. The highest BCUT2D eigenvalue weighted by molar-refractivity contribution is 7.90. The van der Waals surface area contributed by atoms with Gasteiger partial charge in [0.15, 0.2) is 5.76 Å². The number of hydrogen-bond acceptors (Lipinski definition) is 5. The lowest BCUT2D eigenvalue weighted by molar-refractivity contribution is 0.414. The number of aromatic nitrogens is 1. The van der Waals surface area contributed by atoms with Gasteiger partial charge in [-0.2, -0.15) is 0 Å². The average molecular weight is 253 g/mol. The zero-order valence-electron chi connectivity index (χ0n) is 9.38. The van der Waals surface area contributed by atoms with Crippen LogP contribution in [-0.4, -0.2) is 26.8 Å². The Bertz CT molecular complexity index is 630. The van der Waals surface area contributed by atoms with Crippen molar-refractivity contribution in [3.05, 3.63) is 30.5 Å². The van der Waals surface area contributed by atoms with Gasteiger partial charge in [0, 0.05) is 11.8 Å². The van der Waals surface area contributed by atoms with Crippen molar-refractivity contribution in [3.8, 4) is 17.1 Å². The predicted octanol–water partition coefficient (Wildman–Crippen LogP) is 1.75. The van der Waals surface area contributed by atoms with Crippen molar-refractivity contribution in [2.24, 2.45) is 0 Å². The lowest BCUT2D eigenvalue weighted by atomic mass is 10.2. The van der Waals surface area contributed by atoms with Crippen LogP contribution < -0.4 is 4.74 Å². The highest BCUT2D eigenvalue weighted by Gasteiger charge is 2.15. The van der Waals surface area contributed by atoms with Crippen LogP contribution in [-0.2, 0) is 9.84 Å². The van der Waals surface area contributed by atoms with Crippen LogP contribution in [0.5, 0.6) is 5.75 Å². The van der Waals surface area contributed by atoms with Crippen molar-refractivity contribution in [2.75, 3.05) is 13.4 Å². The molecule has 5 nitrogen and oxygen atoms in total. The Morgan fingerprint density at radius 3 is 2.71 bits per heavy atom. The van der Waals surface area contributed by atoms with Gasteiger partial charge in [-0.05, 0) is 12.1 Å². The van der Waals surface area contributed by atoms with Crippen molar-refractivity contribution in [2.45, 2.75) is 5.22 Å². The molecule has 0 fully saturated rings. The molecule has 0 unspecified atom stereocenters. The largest absolute Gasteiger partial charge is 0.497 e. The van der Waals surface area contributed by atoms with Crippen molar-refractivity contribution >= 4 is 9.84 Å². The summed E-state index contributed by atoms with van der Waals surface area (Å²) in [4.78, 5) is 3.72. The number of oxazole rings is 1. The molecule has 0 N–H and O–H groups in total. The number of nitrogens with zero attached hydrogens (tertiary/aromatic N) is 1. The summed E-state index contributed by atoms with van der Waals surface area (Å²) in [6.07, 6.45) is 2.43. The van der Waals surface area contributed by atoms with E-state index >= 15 is 0 Å². The molecule has 1 aromatic carbocycles. The third kappa shape index (κ3) is 2.47. The Kier molecular flexibility index (Phi) is 2.89. The van der Waals surface area contributed by atoms with E-state index in [1.807, 2.05) is 0 Å². The van der Waals surface area contributed by atoms with Crippen LogP contribution in [0.4, 0.5) is 0 Å². The molecule has 0 saturated heterocycles. The topological polar surface area (TPSA) is 69.4 Å². The van der Waals surface area contributed by atoms with Crippen LogP contribution in [0, 0.1) is 0 Å². The molecule has 2 rings (SSSR count). The van der Waals surface area contributed by atoms with Crippen molar-refractivity contribution < 1.29 is 17.6 Å². The first-order valence-corrected chi connectivity index (χ1v) is 6.70. The summed E-state index contributed by atoms with van der Waals surface area (Å²) in [6.45, 7) is 0. The fourth-order valence-electron chi connectivity index (χ4n) is 1.34. The van der Waals surface area contributed by atoms with Crippen LogP contribution in [0.25, 0.3) is 11.3 Å². The molecular formula is C11H11NO4S. The maximum absolute atomic E-state index is 11.2. The van der Waals surface area contributed by atoms with Gasteiger partial charge in [-0.3, -0.25) is 0 Å². The van der Waals surface area contributed by atoms with Gasteiger partial charge in [0.25, 0.3) is 0 Å². The van der Waals surface area contributed by atoms with Gasteiger partial charge in [0.1, 0.15) is 5.75 Å². The molecule has 1 heterocycles. The first kappa shape index (κ1) is 11.7. The van der Waals surface area contributed by atoms with Crippen LogP contribution in [0.1, 0.15) is 0 Å². The zero-order valence-corrected chi connectivity index (χ0v) is 10.2. The van der Waals surface area contributed by atoms with E-state index in [9.17, 15) is 8.42 Å². The maximum Gasteiger partial charge on any atom is 0.315 e. The number of rotatable bonds is 3. The SMILES string of the molecule is COc1cccc(-c2cnc(S(C)(=O)=O)o2)c1. The molecule has 0 atom stereocenters. The Labute approximate surface area is 99.0 Å². The fraction of sp³-hybridized carbons (Fsp3) is 0.182. The first-order valence-electron chi connectivity index (χ1n) is 4.81. The third-order valence-electron chi connectivity index (χ3n) is 2.16. The molecular weight excluding hydrogens is 242 g/mol. The van der Waals surface area contributed by atoms with Crippen molar-refractivity contribution in [3.63, 3.8) is 0 Å². The minimum absolute atomic E-state index is 0.282. The Hall–Kier alpha value is -1.82. The van der Waals surface area contributed by atoms with Gasteiger partial charge < -0.3 is 9.15 Å². The highest BCUT2D eigenvalue weighted by Crippen LogP contribution is 2.25. The van der Waals surface area contributed by atoms with Gasteiger partial charge in [-0.15, -0.1) is 0 Å². The second-order valence-electron chi connectivity index (χ2n) is 3.49. The summed E-state index contributed by atoms with van der Waals surface area (Å²) in [7, 11) is -1.86. The standard InChI is InChI=1S/C11H11NO4S/c1-15-9-5-3-4-8(6-9)10-7-12-11(16-10)17(2,13)14/h3-7H,1-2H3. The van der Waals surface area contributed by atoms with Crippen molar-refractivity contribution in [1.29, 1.82) is 0 Å². The third-order valence-corrected chi connectivity index (χ3v) is 2.98. The maximum atomic E-state index is 11.2. The van der Waals surface area contributed by atoms with Crippen LogP contribution in [0.3, 0.4) is 0 Å². The van der Waals surface area contributed by atoms with Gasteiger partial charge in [0.05, 0.1) is 13.3 Å². The monoisotopic (exact) mass is 253 g/mol. The fourth-order valence-corrected chi connectivity index (χ4v) is 1.82. The molecule has 6 heteroatoms. The molecule has 2 aromatic rings. The zero-order chi connectivity index (χ0) is 12.5. The van der Waals surface area contributed by atoms with E-state index < -0.39 is 9.84 Å². The minimum Gasteiger partial charge on any atom is -0.497 e. The molecule has 0 saturated carbocycles. The summed E-state index contributed by atoms with van der Waals surface area (Å²) >= 11 is 0. The summed E-state index contributed by atoms with van der Waals surface area (Å²) in [5, 5.41) is -0.282. The van der Waals surface area contributed by atoms with Crippen LogP contribution >= 0.6 is 0 Å². The molecule has 0 radical (unpaired) electrons. The van der Waals surface area contributed by atoms with Gasteiger partial charge in [-0.1, -0.05) is 12.1 Å². The average Bonchev–Trinajstić information content (AvgIpc) is 2.78. The number of benzene rings is 1. The van der Waals surface area contributed by atoms with Gasteiger partial charge in [0.2, 0.25) is 9.84 Å². The minimum atomic E-state index is -3.41. The first-order chi connectivity index (χ1) is 8.00. The summed E-state index contributed by atoms with van der Waals surface area (Å²) < 4.78 is 32.7. The predicted molar refractivity (Wildman–Crippen MR) is 61.6 cm³/mol. The van der Waals surface area contributed by atoms with Crippen LogP contribution in [0.15, 0.2) is 40.1 Å². The molecule has 90 valence electrons. The quantitative estimate of drug-likeness (QED) is 0.833. The van der Waals surface area contributed by atoms with E-state index in [0.29, 0.717) is 17.1 Å². The Morgan fingerprint density at radius 1 is 1.35 bits per heavy atom. The molecule has 1 aromatic heterocycles. The second-order valence-corrected chi connectivity index (χ2v) is 5.39. The lowest BCUT2D eigenvalue weighted by Crippen LogP contribution is -1.95. The van der Waals surface area contributed by atoms with Crippen molar-refractivity contribution in [1.82, 2.24) is 4.98 Å². The normalized spacial score (nSPS) is 11.4. The van der Waals surface area contributed by atoms with E-state index in [2.05, 4.69) is 4.98 Å². The van der Waals surface area contributed by atoms with Gasteiger partial charge >= 0.3 is 5.22 Å². The molecule has 0 amide bonds. The van der Waals surface area contributed by atoms with E-state index in [-0.39, 0.29) is 5.22 Å². The summed E-state index contributed by atoms with van der Waals surface area (Å²) in [5.74, 6) is 1.06. The van der Waals surface area contributed by atoms with E-state index in [1.165, 1.54) is 6.20 Å². The Balaban J connectivity index is 2.43. The van der Waals surface area contributed by atoms with E-state index in [4.69, 9.17) is 9.15 Å². The molecule has 0 spiro atoms.